The van der Waals surface area contributed by atoms with E-state index in [-0.39, 0.29) is 11.9 Å². The van der Waals surface area contributed by atoms with E-state index in [1.807, 2.05) is 15.7 Å². The second-order valence-corrected chi connectivity index (χ2v) is 3.93. The molecule has 1 fully saturated rings. The molecule has 1 saturated heterocycles. The molecule has 0 radical (unpaired) electrons. The minimum atomic E-state index is -0.458. The number of aliphatic hydroxyl groups is 1. The van der Waals surface area contributed by atoms with E-state index in [1.165, 1.54) is 0 Å². The zero-order valence-electron chi connectivity index (χ0n) is 8.77. The fraction of sp³-hybridized carbons (Fsp3) is 0.556. The third-order valence-corrected chi connectivity index (χ3v) is 2.76. The number of aromatic nitrogens is 2. The molecule has 0 bridgehead atoms. The Labute approximate surface area is 92.8 Å². The van der Waals surface area contributed by atoms with E-state index in [4.69, 9.17) is 10.9 Å². The van der Waals surface area contributed by atoms with E-state index in [1.54, 1.807) is 12.5 Å². The first-order chi connectivity index (χ1) is 7.70. The first-order valence-corrected chi connectivity index (χ1v) is 5.05. The van der Waals surface area contributed by atoms with Gasteiger partial charge in [0.1, 0.15) is 0 Å². The topological polar surface area (TPSA) is 99.9 Å². The van der Waals surface area contributed by atoms with Gasteiger partial charge in [0, 0.05) is 25.5 Å². The van der Waals surface area contributed by atoms with Gasteiger partial charge in [0.15, 0.2) is 5.84 Å². The molecule has 1 aromatic heterocycles. The van der Waals surface area contributed by atoms with Gasteiger partial charge < -0.3 is 20.6 Å². The van der Waals surface area contributed by atoms with Crippen molar-refractivity contribution in [3.8, 4) is 0 Å². The Kier molecular flexibility index (Phi) is 3.07. The summed E-state index contributed by atoms with van der Waals surface area (Å²) in [5.74, 6) is 0.151. The molecular weight excluding hydrogens is 210 g/mol. The first kappa shape index (κ1) is 10.9. The molecule has 0 spiro atoms. The molecule has 0 aromatic carbocycles. The molecular formula is C9H15N5O2. The predicted octanol–water partition coefficient (Wildman–Crippen LogP) is -1.15. The number of hydrogen-bond acceptors (Lipinski definition) is 5. The number of oxime groups is 1. The van der Waals surface area contributed by atoms with E-state index in [0.717, 1.165) is 0 Å². The molecule has 1 aromatic rings. The van der Waals surface area contributed by atoms with Gasteiger partial charge >= 0.3 is 0 Å². The predicted molar refractivity (Wildman–Crippen MR) is 57.1 cm³/mol. The zero-order valence-corrected chi connectivity index (χ0v) is 8.77. The highest BCUT2D eigenvalue weighted by Gasteiger charge is 2.32. The van der Waals surface area contributed by atoms with Crippen LogP contribution in [0.4, 0.5) is 0 Å². The minimum absolute atomic E-state index is 0.0195. The lowest BCUT2D eigenvalue weighted by atomic mass is 10.2. The average molecular weight is 225 g/mol. The lowest BCUT2D eigenvalue weighted by Crippen LogP contribution is -2.33. The summed E-state index contributed by atoms with van der Waals surface area (Å²) in [5, 5.41) is 21.3. The van der Waals surface area contributed by atoms with Crippen LogP contribution in [-0.2, 0) is 0 Å². The highest BCUT2D eigenvalue weighted by atomic mass is 16.4. The number of amidine groups is 1. The van der Waals surface area contributed by atoms with Crippen LogP contribution in [-0.4, -0.2) is 56.3 Å². The number of hydrogen-bond donors (Lipinski definition) is 3. The van der Waals surface area contributed by atoms with Gasteiger partial charge in [-0.2, -0.15) is 0 Å². The van der Waals surface area contributed by atoms with Gasteiger partial charge in [-0.15, -0.1) is 0 Å². The molecule has 7 nitrogen and oxygen atoms in total. The Morgan fingerprint density at radius 1 is 1.56 bits per heavy atom. The van der Waals surface area contributed by atoms with Gasteiger partial charge in [-0.05, 0) is 0 Å². The van der Waals surface area contributed by atoms with Gasteiger partial charge in [0.25, 0.3) is 0 Å². The lowest BCUT2D eigenvalue weighted by molar-refractivity contribution is 0.145. The number of nitrogens with two attached hydrogens (primary N) is 1. The summed E-state index contributed by atoms with van der Waals surface area (Å²) in [6.07, 6.45) is 4.72. The maximum Gasteiger partial charge on any atom is 0.153 e. The summed E-state index contributed by atoms with van der Waals surface area (Å²) < 4.78 is 1.87. The van der Waals surface area contributed by atoms with Crippen molar-refractivity contribution in [1.29, 1.82) is 0 Å². The Morgan fingerprint density at radius 3 is 3.00 bits per heavy atom. The number of imidazole rings is 1. The second-order valence-electron chi connectivity index (χ2n) is 3.93. The van der Waals surface area contributed by atoms with Gasteiger partial charge in [-0.25, -0.2) is 4.98 Å². The number of likely N-dealkylation sites (tertiary alicyclic amines) is 1. The van der Waals surface area contributed by atoms with E-state index in [9.17, 15) is 5.11 Å². The van der Waals surface area contributed by atoms with Crippen LogP contribution < -0.4 is 5.73 Å². The highest BCUT2D eigenvalue weighted by molar-refractivity contribution is 5.81. The van der Waals surface area contributed by atoms with Crippen LogP contribution in [0.1, 0.15) is 6.04 Å². The van der Waals surface area contributed by atoms with Crippen molar-refractivity contribution in [1.82, 2.24) is 14.5 Å². The van der Waals surface area contributed by atoms with Crippen LogP contribution in [0.3, 0.4) is 0 Å². The van der Waals surface area contributed by atoms with Crippen molar-refractivity contribution < 1.29 is 10.3 Å². The molecule has 2 unspecified atom stereocenters. The Balaban J connectivity index is 1.99. The van der Waals surface area contributed by atoms with Crippen LogP contribution >= 0.6 is 0 Å². The molecule has 16 heavy (non-hydrogen) atoms. The van der Waals surface area contributed by atoms with Crippen molar-refractivity contribution in [3.63, 3.8) is 0 Å². The van der Waals surface area contributed by atoms with Crippen LogP contribution in [0.2, 0.25) is 0 Å². The van der Waals surface area contributed by atoms with E-state index >= 15 is 0 Å². The van der Waals surface area contributed by atoms with Crippen molar-refractivity contribution in [2.45, 2.75) is 12.1 Å². The largest absolute Gasteiger partial charge is 0.409 e. The maximum absolute atomic E-state index is 9.88. The molecule has 0 amide bonds. The van der Waals surface area contributed by atoms with E-state index < -0.39 is 6.10 Å². The normalized spacial score (nSPS) is 27.4. The highest BCUT2D eigenvalue weighted by Crippen LogP contribution is 2.21. The lowest BCUT2D eigenvalue weighted by Gasteiger charge is -2.15. The maximum atomic E-state index is 9.88. The second kappa shape index (κ2) is 4.50. The molecule has 0 saturated carbocycles. The average Bonchev–Trinajstić information content (AvgIpc) is 2.87. The number of β-amino-alcohol motifs (C(OH)–C–C–N with tert-alkyl or cyclic N) is 1. The molecule has 88 valence electrons. The van der Waals surface area contributed by atoms with Crippen molar-refractivity contribution >= 4 is 5.84 Å². The summed E-state index contributed by atoms with van der Waals surface area (Å²) in [6.45, 7) is 1.53. The number of nitrogens with zero attached hydrogens (tertiary/aromatic N) is 4. The summed E-state index contributed by atoms with van der Waals surface area (Å²) >= 11 is 0. The molecule has 0 aliphatic carbocycles. The van der Waals surface area contributed by atoms with E-state index in [0.29, 0.717) is 19.6 Å². The molecule has 2 atom stereocenters. The zero-order chi connectivity index (χ0) is 11.5. The number of aliphatic hydroxyl groups excluding tert-OH is 1. The number of rotatable bonds is 3. The van der Waals surface area contributed by atoms with Crippen molar-refractivity contribution in [2.24, 2.45) is 10.9 Å². The molecule has 2 heterocycles. The third-order valence-electron chi connectivity index (χ3n) is 2.76. The van der Waals surface area contributed by atoms with Gasteiger partial charge in [-0.3, -0.25) is 4.90 Å². The van der Waals surface area contributed by atoms with Gasteiger partial charge in [0.05, 0.1) is 25.0 Å². The Bertz CT molecular complexity index is 364. The molecule has 1 aliphatic rings. The van der Waals surface area contributed by atoms with Crippen molar-refractivity contribution in [3.05, 3.63) is 18.7 Å². The summed E-state index contributed by atoms with van der Waals surface area (Å²) in [5.41, 5.74) is 5.42. The Morgan fingerprint density at radius 2 is 2.38 bits per heavy atom. The standard InChI is InChI=1S/C9H15N5O2/c10-9(12-16)5-13-3-7(8(15)4-13)14-2-1-11-6-14/h1-2,6-8,15-16H,3-5H2,(H2,10,12). The minimum Gasteiger partial charge on any atom is -0.409 e. The summed E-state index contributed by atoms with van der Waals surface area (Å²) in [4.78, 5) is 5.88. The quantitative estimate of drug-likeness (QED) is 0.261. The van der Waals surface area contributed by atoms with Crippen LogP contribution in [0.25, 0.3) is 0 Å². The summed E-state index contributed by atoms with van der Waals surface area (Å²) in [7, 11) is 0. The fourth-order valence-electron chi connectivity index (χ4n) is 2.00. The molecule has 2 rings (SSSR count). The Hall–Kier alpha value is -1.60. The van der Waals surface area contributed by atoms with Crippen LogP contribution in [0, 0.1) is 0 Å². The van der Waals surface area contributed by atoms with Crippen molar-refractivity contribution in [2.75, 3.05) is 19.6 Å². The summed E-state index contributed by atoms with van der Waals surface area (Å²) in [6, 6.07) is -0.0195. The fourth-order valence-corrected chi connectivity index (χ4v) is 2.00. The smallest absolute Gasteiger partial charge is 0.153 e. The molecule has 1 aliphatic heterocycles. The van der Waals surface area contributed by atoms with Crippen LogP contribution in [0.15, 0.2) is 23.9 Å². The van der Waals surface area contributed by atoms with Gasteiger partial charge in [0.2, 0.25) is 0 Å². The van der Waals surface area contributed by atoms with E-state index in [2.05, 4.69) is 10.1 Å². The van der Waals surface area contributed by atoms with Gasteiger partial charge in [-0.1, -0.05) is 5.16 Å². The first-order valence-electron chi connectivity index (χ1n) is 5.05. The monoisotopic (exact) mass is 225 g/mol. The molecule has 4 N–H and O–H groups in total. The third kappa shape index (κ3) is 2.15. The van der Waals surface area contributed by atoms with Crippen LogP contribution in [0.5, 0.6) is 0 Å². The SMILES string of the molecule is N/C(CN1CC(O)C(n2ccnc2)C1)=N\O. The molecule has 7 heteroatoms.